The van der Waals surface area contributed by atoms with Gasteiger partial charge in [-0.25, -0.2) is 0 Å². The molecule has 0 aliphatic carbocycles. The molecule has 5 heteroatoms. The van der Waals surface area contributed by atoms with E-state index in [1.807, 2.05) is 33.8 Å². The predicted molar refractivity (Wildman–Crippen MR) is 70.8 cm³/mol. The quantitative estimate of drug-likeness (QED) is 0.917. The summed E-state index contributed by atoms with van der Waals surface area (Å²) in [6.45, 7) is 8.16. The number of phenols is 1. The van der Waals surface area contributed by atoms with Crippen molar-refractivity contribution in [2.75, 3.05) is 6.61 Å². The summed E-state index contributed by atoms with van der Waals surface area (Å²) >= 11 is 0. The van der Waals surface area contributed by atoms with Gasteiger partial charge in [-0.3, -0.25) is 0 Å². The van der Waals surface area contributed by atoms with Crippen LogP contribution in [-0.4, -0.2) is 21.9 Å². The standard InChI is InChI=1S/C14H18N2O3/c1-5-18-14(3,4)13-15-12(19-16-13)10-8-9(2)6-7-11(10)17/h6-8,17H,5H2,1-4H3. The van der Waals surface area contributed by atoms with Gasteiger partial charge in [-0.1, -0.05) is 16.8 Å². The van der Waals surface area contributed by atoms with Gasteiger partial charge in [0, 0.05) is 6.61 Å². The van der Waals surface area contributed by atoms with Gasteiger partial charge in [-0.05, 0) is 39.8 Å². The molecule has 0 aliphatic rings. The smallest absolute Gasteiger partial charge is 0.261 e. The lowest BCUT2D eigenvalue weighted by atomic mass is 10.1. The highest BCUT2D eigenvalue weighted by molar-refractivity contribution is 5.63. The summed E-state index contributed by atoms with van der Waals surface area (Å²) in [6, 6.07) is 5.24. The Morgan fingerprint density at radius 1 is 1.37 bits per heavy atom. The van der Waals surface area contributed by atoms with Crippen LogP contribution in [0, 0.1) is 6.92 Å². The minimum Gasteiger partial charge on any atom is -0.507 e. The fourth-order valence-corrected chi connectivity index (χ4v) is 1.82. The minimum atomic E-state index is -0.615. The summed E-state index contributed by atoms with van der Waals surface area (Å²) in [7, 11) is 0. The number of aryl methyl sites for hydroxylation is 1. The third-order valence-corrected chi connectivity index (χ3v) is 2.85. The fourth-order valence-electron chi connectivity index (χ4n) is 1.82. The first-order chi connectivity index (χ1) is 8.94. The van der Waals surface area contributed by atoms with Gasteiger partial charge in [0.2, 0.25) is 5.82 Å². The Labute approximate surface area is 112 Å². The molecule has 1 heterocycles. The van der Waals surface area contributed by atoms with Crippen LogP contribution in [0.25, 0.3) is 11.5 Å². The Balaban J connectivity index is 2.38. The van der Waals surface area contributed by atoms with Gasteiger partial charge < -0.3 is 14.4 Å². The second-order valence-electron chi connectivity index (χ2n) is 4.89. The largest absolute Gasteiger partial charge is 0.507 e. The van der Waals surface area contributed by atoms with E-state index >= 15 is 0 Å². The van der Waals surface area contributed by atoms with Crippen molar-refractivity contribution in [3.63, 3.8) is 0 Å². The van der Waals surface area contributed by atoms with Gasteiger partial charge in [-0.15, -0.1) is 0 Å². The zero-order chi connectivity index (χ0) is 14.0. The number of rotatable bonds is 4. The molecule has 0 saturated carbocycles. The van der Waals surface area contributed by atoms with Crippen LogP contribution in [-0.2, 0) is 10.3 Å². The SMILES string of the molecule is CCOC(C)(C)c1noc(-c2cc(C)ccc2O)n1. The first-order valence-electron chi connectivity index (χ1n) is 6.22. The molecule has 1 aromatic carbocycles. The summed E-state index contributed by atoms with van der Waals surface area (Å²) in [5.74, 6) is 0.879. The molecule has 0 radical (unpaired) electrons. The molecule has 1 N–H and O–H groups in total. The van der Waals surface area contributed by atoms with Gasteiger partial charge >= 0.3 is 0 Å². The summed E-state index contributed by atoms with van der Waals surface area (Å²) in [6.07, 6.45) is 0. The van der Waals surface area contributed by atoms with E-state index in [9.17, 15) is 5.11 Å². The highest BCUT2D eigenvalue weighted by atomic mass is 16.5. The van der Waals surface area contributed by atoms with Crippen molar-refractivity contribution in [3.05, 3.63) is 29.6 Å². The highest BCUT2D eigenvalue weighted by Crippen LogP contribution is 2.30. The van der Waals surface area contributed by atoms with Crippen molar-refractivity contribution in [2.24, 2.45) is 0 Å². The maximum atomic E-state index is 9.84. The van der Waals surface area contributed by atoms with E-state index in [1.54, 1.807) is 12.1 Å². The Bertz CT molecular complexity index is 576. The first kappa shape index (κ1) is 13.5. The minimum absolute atomic E-state index is 0.120. The Morgan fingerprint density at radius 3 is 2.79 bits per heavy atom. The number of phenolic OH excluding ortho intramolecular Hbond substituents is 1. The van der Waals surface area contributed by atoms with E-state index < -0.39 is 5.60 Å². The van der Waals surface area contributed by atoms with Gasteiger partial charge in [0.25, 0.3) is 5.89 Å². The average molecular weight is 262 g/mol. The van der Waals surface area contributed by atoms with Crippen molar-refractivity contribution in [3.8, 4) is 17.2 Å². The number of hydrogen-bond donors (Lipinski definition) is 1. The molecule has 0 aliphatic heterocycles. The summed E-state index contributed by atoms with van der Waals surface area (Å²) < 4.78 is 10.8. The Hall–Kier alpha value is -1.88. The van der Waals surface area contributed by atoms with E-state index in [-0.39, 0.29) is 5.75 Å². The van der Waals surface area contributed by atoms with E-state index in [0.717, 1.165) is 5.56 Å². The second-order valence-corrected chi connectivity index (χ2v) is 4.89. The molecule has 0 unspecified atom stereocenters. The zero-order valence-electron chi connectivity index (χ0n) is 11.6. The van der Waals surface area contributed by atoms with Crippen LogP contribution in [0.4, 0.5) is 0 Å². The molecule has 19 heavy (non-hydrogen) atoms. The number of ether oxygens (including phenoxy) is 1. The Kier molecular flexibility index (Phi) is 3.57. The highest BCUT2D eigenvalue weighted by Gasteiger charge is 2.27. The lowest BCUT2D eigenvalue weighted by Crippen LogP contribution is -2.23. The molecule has 2 rings (SSSR count). The van der Waals surface area contributed by atoms with Crippen molar-refractivity contribution >= 4 is 0 Å². The molecule has 0 bridgehead atoms. The van der Waals surface area contributed by atoms with Crippen LogP contribution >= 0.6 is 0 Å². The van der Waals surface area contributed by atoms with Gasteiger partial charge in [0.15, 0.2) is 0 Å². The van der Waals surface area contributed by atoms with E-state index in [2.05, 4.69) is 10.1 Å². The van der Waals surface area contributed by atoms with E-state index in [0.29, 0.717) is 23.9 Å². The topological polar surface area (TPSA) is 68.4 Å². The van der Waals surface area contributed by atoms with Crippen LogP contribution < -0.4 is 0 Å². The summed E-state index contributed by atoms with van der Waals surface area (Å²) in [5.41, 5.74) is 0.929. The lowest BCUT2D eigenvalue weighted by Gasteiger charge is -2.19. The number of nitrogens with zero attached hydrogens (tertiary/aromatic N) is 2. The summed E-state index contributed by atoms with van der Waals surface area (Å²) in [5, 5.41) is 13.8. The number of hydrogen-bond acceptors (Lipinski definition) is 5. The number of aromatic nitrogens is 2. The molecule has 0 amide bonds. The van der Waals surface area contributed by atoms with Crippen LogP contribution in [0.15, 0.2) is 22.7 Å². The second kappa shape index (κ2) is 5.01. The van der Waals surface area contributed by atoms with E-state index in [4.69, 9.17) is 9.26 Å². The van der Waals surface area contributed by atoms with Crippen LogP contribution in [0.3, 0.4) is 0 Å². The van der Waals surface area contributed by atoms with Crippen molar-refractivity contribution in [2.45, 2.75) is 33.3 Å². The molecular weight excluding hydrogens is 244 g/mol. The lowest BCUT2D eigenvalue weighted by molar-refractivity contribution is -0.0221. The molecule has 1 aromatic heterocycles. The maximum absolute atomic E-state index is 9.84. The molecule has 0 saturated heterocycles. The molecule has 2 aromatic rings. The summed E-state index contributed by atoms with van der Waals surface area (Å²) in [4.78, 5) is 4.31. The van der Waals surface area contributed by atoms with Gasteiger partial charge in [-0.2, -0.15) is 4.98 Å². The van der Waals surface area contributed by atoms with Crippen LogP contribution in [0.1, 0.15) is 32.2 Å². The molecule has 5 nitrogen and oxygen atoms in total. The molecule has 102 valence electrons. The van der Waals surface area contributed by atoms with Crippen LogP contribution in [0.2, 0.25) is 0 Å². The van der Waals surface area contributed by atoms with Gasteiger partial charge in [0.1, 0.15) is 11.4 Å². The predicted octanol–water partition coefficient (Wildman–Crippen LogP) is 3.02. The molecule has 0 spiro atoms. The monoisotopic (exact) mass is 262 g/mol. The molecular formula is C14H18N2O3. The zero-order valence-corrected chi connectivity index (χ0v) is 11.6. The normalized spacial score (nSPS) is 11.8. The first-order valence-corrected chi connectivity index (χ1v) is 6.22. The van der Waals surface area contributed by atoms with E-state index in [1.165, 1.54) is 0 Å². The van der Waals surface area contributed by atoms with Crippen molar-refractivity contribution in [1.82, 2.24) is 10.1 Å². The maximum Gasteiger partial charge on any atom is 0.261 e. The third-order valence-electron chi connectivity index (χ3n) is 2.85. The van der Waals surface area contributed by atoms with Crippen molar-refractivity contribution < 1.29 is 14.4 Å². The average Bonchev–Trinajstić information content (AvgIpc) is 2.82. The molecule has 0 atom stereocenters. The Morgan fingerprint density at radius 2 is 2.11 bits per heavy atom. The van der Waals surface area contributed by atoms with Gasteiger partial charge in [0.05, 0.1) is 5.56 Å². The number of benzene rings is 1. The van der Waals surface area contributed by atoms with Crippen LogP contribution in [0.5, 0.6) is 5.75 Å². The fraction of sp³-hybridized carbons (Fsp3) is 0.429. The van der Waals surface area contributed by atoms with Crippen molar-refractivity contribution in [1.29, 1.82) is 0 Å². The third kappa shape index (κ3) is 2.76. The molecule has 0 fully saturated rings. The number of aromatic hydroxyl groups is 1.